The van der Waals surface area contributed by atoms with Crippen LogP contribution in [0, 0.1) is 10.1 Å². The van der Waals surface area contributed by atoms with E-state index in [2.05, 4.69) is 5.32 Å². The summed E-state index contributed by atoms with van der Waals surface area (Å²) >= 11 is 0. The third kappa shape index (κ3) is 6.50. The molecule has 1 N–H and O–H groups in total. The monoisotopic (exact) mass is 476 g/mol. The lowest BCUT2D eigenvalue weighted by Crippen LogP contribution is -2.30. The third-order valence-corrected chi connectivity index (χ3v) is 4.45. The fraction of sp³-hybridized carbons (Fsp3) is 0.391. The number of rotatable bonds is 12. The Labute approximate surface area is 197 Å². The van der Waals surface area contributed by atoms with Gasteiger partial charge in [0.1, 0.15) is 5.75 Å². The molecule has 0 bridgehead atoms. The van der Waals surface area contributed by atoms with E-state index in [0.29, 0.717) is 37.1 Å². The van der Waals surface area contributed by atoms with Gasteiger partial charge in [0.25, 0.3) is 11.6 Å². The Morgan fingerprint density at radius 3 is 2.06 bits per heavy atom. The largest absolute Gasteiger partial charge is 0.495 e. The minimum Gasteiger partial charge on any atom is -0.495 e. The highest BCUT2D eigenvalue weighted by atomic mass is 16.6. The molecular formula is C23H28N2O9. The third-order valence-electron chi connectivity index (χ3n) is 4.45. The average Bonchev–Trinajstić information content (AvgIpc) is 2.80. The summed E-state index contributed by atoms with van der Waals surface area (Å²) in [5, 5.41) is 13.5. The fourth-order valence-electron chi connectivity index (χ4n) is 2.93. The molecule has 0 spiro atoms. The number of anilines is 1. The Balaban J connectivity index is 2.24. The van der Waals surface area contributed by atoms with Crippen molar-refractivity contribution >= 4 is 23.3 Å². The number of nitro benzene ring substituents is 1. The number of esters is 1. The van der Waals surface area contributed by atoms with Gasteiger partial charge in [0, 0.05) is 12.1 Å². The number of amides is 1. The summed E-state index contributed by atoms with van der Waals surface area (Å²) < 4.78 is 27.2. The van der Waals surface area contributed by atoms with Gasteiger partial charge in [-0.25, -0.2) is 4.79 Å². The molecule has 11 nitrogen and oxygen atoms in total. The molecule has 2 aromatic carbocycles. The highest BCUT2D eigenvalue weighted by molar-refractivity contribution is 5.98. The number of methoxy groups -OCH3 is 1. The number of hydrogen-bond acceptors (Lipinski definition) is 9. The van der Waals surface area contributed by atoms with Crippen molar-refractivity contribution in [2.24, 2.45) is 0 Å². The van der Waals surface area contributed by atoms with Crippen molar-refractivity contribution in [2.45, 2.75) is 33.8 Å². The molecule has 184 valence electrons. The van der Waals surface area contributed by atoms with E-state index in [9.17, 15) is 19.7 Å². The van der Waals surface area contributed by atoms with Gasteiger partial charge in [0.2, 0.25) is 5.75 Å². The van der Waals surface area contributed by atoms with Crippen LogP contribution >= 0.6 is 0 Å². The van der Waals surface area contributed by atoms with Crippen molar-refractivity contribution in [1.29, 1.82) is 0 Å². The predicted molar refractivity (Wildman–Crippen MR) is 123 cm³/mol. The Bertz CT molecular complexity index is 1010. The maximum atomic E-state index is 12.8. The van der Waals surface area contributed by atoms with E-state index in [4.69, 9.17) is 23.7 Å². The van der Waals surface area contributed by atoms with Crippen LogP contribution in [0.5, 0.6) is 23.0 Å². The van der Waals surface area contributed by atoms with Crippen molar-refractivity contribution in [1.82, 2.24) is 0 Å². The van der Waals surface area contributed by atoms with Crippen LogP contribution in [0.3, 0.4) is 0 Å². The van der Waals surface area contributed by atoms with Crippen molar-refractivity contribution in [2.75, 3.05) is 32.2 Å². The molecule has 0 aliphatic heterocycles. The summed E-state index contributed by atoms with van der Waals surface area (Å²) in [6.45, 7) is 7.78. The van der Waals surface area contributed by atoms with E-state index < -0.39 is 22.9 Å². The van der Waals surface area contributed by atoms with Gasteiger partial charge in [-0.3, -0.25) is 14.9 Å². The number of carbonyl (C=O) groups excluding carboxylic acids is 2. The van der Waals surface area contributed by atoms with Gasteiger partial charge in [-0.15, -0.1) is 0 Å². The normalized spacial score (nSPS) is 11.2. The summed E-state index contributed by atoms with van der Waals surface area (Å²) in [5.74, 6) is -0.300. The lowest BCUT2D eigenvalue weighted by Gasteiger charge is -2.18. The molecular weight excluding hydrogens is 448 g/mol. The van der Waals surface area contributed by atoms with Crippen LogP contribution in [0.15, 0.2) is 30.3 Å². The number of ether oxygens (including phenoxy) is 5. The summed E-state index contributed by atoms with van der Waals surface area (Å²) in [6, 6.07) is 6.66. The quantitative estimate of drug-likeness (QED) is 0.274. The zero-order chi connectivity index (χ0) is 25.3. The van der Waals surface area contributed by atoms with Gasteiger partial charge in [-0.05, 0) is 45.9 Å². The van der Waals surface area contributed by atoms with E-state index in [1.54, 1.807) is 13.8 Å². The second-order valence-corrected chi connectivity index (χ2v) is 6.78. The van der Waals surface area contributed by atoms with Crippen molar-refractivity contribution in [3.05, 3.63) is 46.0 Å². The molecule has 0 fully saturated rings. The molecule has 1 atom stereocenters. The molecule has 2 aromatic rings. The van der Waals surface area contributed by atoms with Gasteiger partial charge >= 0.3 is 5.97 Å². The second kappa shape index (κ2) is 12.3. The molecule has 0 heterocycles. The van der Waals surface area contributed by atoms with E-state index >= 15 is 0 Å². The predicted octanol–water partition coefficient (Wildman–Crippen LogP) is 3.98. The summed E-state index contributed by atoms with van der Waals surface area (Å²) in [5.41, 5.74) is -0.0621. The maximum absolute atomic E-state index is 12.8. The molecule has 0 aromatic heterocycles. The van der Waals surface area contributed by atoms with Crippen LogP contribution in [-0.4, -0.2) is 49.8 Å². The molecule has 0 radical (unpaired) electrons. The molecule has 2 rings (SSSR count). The smallest absolute Gasteiger partial charge is 0.339 e. The van der Waals surface area contributed by atoms with Gasteiger partial charge in [-0.2, -0.15) is 0 Å². The highest BCUT2D eigenvalue weighted by Crippen LogP contribution is 2.39. The zero-order valence-corrected chi connectivity index (χ0v) is 19.7. The van der Waals surface area contributed by atoms with E-state index in [-0.39, 0.29) is 22.7 Å². The van der Waals surface area contributed by atoms with Gasteiger partial charge in [0.15, 0.2) is 17.6 Å². The lowest BCUT2D eigenvalue weighted by atomic mass is 10.1. The number of nitrogens with zero attached hydrogens (tertiary/aromatic N) is 1. The number of nitrogens with one attached hydrogen (secondary N) is 1. The van der Waals surface area contributed by atoms with Crippen LogP contribution in [0.1, 0.15) is 38.1 Å². The SMILES string of the molecule is CCOc1cc(C(=O)OC(C)C(=O)Nc2cc([N+](=O)[O-])ccc2OC)cc(OCC)c1OCC. The molecule has 0 aliphatic carbocycles. The first kappa shape index (κ1) is 26.2. The van der Waals surface area contributed by atoms with Crippen LogP contribution in [0.2, 0.25) is 0 Å². The molecule has 0 saturated heterocycles. The molecule has 1 amide bonds. The standard InChI is InChI=1S/C23H28N2O9/c1-6-31-19-11-15(12-20(32-7-2)21(19)33-8-3)23(27)34-14(4)22(26)24-17-13-16(25(28)29)9-10-18(17)30-5/h9-14H,6-8H2,1-5H3,(H,24,26). The number of benzene rings is 2. The van der Waals surface area contributed by atoms with Crippen LogP contribution in [0.25, 0.3) is 0 Å². The second-order valence-electron chi connectivity index (χ2n) is 6.78. The van der Waals surface area contributed by atoms with Crippen LogP contribution < -0.4 is 24.3 Å². The summed E-state index contributed by atoms with van der Waals surface area (Å²) in [6.07, 6.45) is -1.23. The van der Waals surface area contributed by atoms with Gasteiger partial charge in [0.05, 0.1) is 43.1 Å². The maximum Gasteiger partial charge on any atom is 0.339 e. The number of carbonyl (C=O) groups is 2. The minimum absolute atomic E-state index is 0.0722. The molecule has 0 saturated carbocycles. The molecule has 34 heavy (non-hydrogen) atoms. The Morgan fingerprint density at radius 2 is 1.56 bits per heavy atom. The average molecular weight is 476 g/mol. The van der Waals surface area contributed by atoms with E-state index in [1.165, 1.54) is 38.3 Å². The van der Waals surface area contributed by atoms with Crippen molar-refractivity contribution in [3.8, 4) is 23.0 Å². The lowest BCUT2D eigenvalue weighted by molar-refractivity contribution is -0.384. The van der Waals surface area contributed by atoms with E-state index in [1.807, 2.05) is 6.92 Å². The fourth-order valence-corrected chi connectivity index (χ4v) is 2.93. The first-order chi connectivity index (χ1) is 16.2. The van der Waals surface area contributed by atoms with Crippen molar-refractivity contribution in [3.63, 3.8) is 0 Å². The van der Waals surface area contributed by atoms with Gasteiger partial charge < -0.3 is 29.0 Å². The first-order valence-corrected chi connectivity index (χ1v) is 10.7. The molecule has 11 heteroatoms. The van der Waals surface area contributed by atoms with E-state index in [0.717, 1.165) is 6.07 Å². The molecule has 0 aliphatic rings. The van der Waals surface area contributed by atoms with Crippen LogP contribution in [-0.2, 0) is 9.53 Å². The topological polar surface area (TPSA) is 135 Å². The first-order valence-electron chi connectivity index (χ1n) is 10.7. The van der Waals surface area contributed by atoms with Gasteiger partial charge in [-0.1, -0.05) is 0 Å². The number of hydrogen-bond donors (Lipinski definition) is 1. The Hall–Kier alpha value is -4.02. The number of nitro groups is 1. The Morgan fingerprint density at radius 1 is 0.971 bits per heavy atom. The summed E-state index contributed by atoms with van der Waals surface area (Å²) in [7, 11) is 1.36. The summed E-state index contributed by atoms with van der Waals surface area (Å²) in [4.78, 5) is 35.9. The molecule has 1 unspecified atom stereocenters. The zero-order valence-electron chi connectivity index (χ0n) is 19.7. The highest BCUT2D eigenvalue weighted by Gasteiger charge is 2.24. The number of non-ortho nitro benzene ring substituents is 1. The Kier molecular flexibility index (Phi) is 9.48. The van der Waals surface area contributed by atoms with Crippen molar-refractivity contribution < 1.29 is 38.2 Å². The minimum atomic E-state index is -1.23. The van der Waals surface area contributed by atoms with Crippen LogP contribution in [0.4, 0.5) is 11.4 Å².